The van der Waals surface area contributed by atoms with Gasteiger partial charge in [0.25, 0.3) is 5.91 Å². The summed E-state index contributed by atoms with van der Waals surface area (Å²) in [6.45, 7) is 0. The number of nitriles is 1. The number of pyridine rings is 1. The molecule has 0 aromatic carbocycles. The molecular formula is C7H5N3O2. The summed E-state index contributed by atoms with van der Waals surface area (Å²) < 4.78 is 0. The largest absolute Gasteiger partial charge is 0.367 e. The number of nitrogens with one attached hydrogen (secondary N) is 2. The van der Waals surface area contributed by atoms with Crippen LogP contribution in [-0.2, 0) is 0 Å². The second-order valence-corrected chi connectivity index (χ2v) is 1.99. The molecule has 0 radical (unpaired) electrons. The summed E-state index contributed by atoms with van der Waals surface area (Å²) in [6.07, 6.45) is 4.09. The number of aromatic nitrogens is 1. The van der Waals surface area contributed by atoms with Crippen LogP contribution in [-0.4, -0.2) is 10.9 Å². The summed E-state index contributed by atoms with van der Waals surface area (Å²) in [5.74, 6) is -0.695. The Balaban J connectivity index is 3.05. The Bertz CT molecular complexity index is 388. The van der Waals surface area contributed by atoms with E-state index >= 15 is 0 Å². The van der Waals surface area contributed by atoms with E-state index in [1.807, 2.05) is 5.32 Å². The summed E-state index contributed by atoms with van der Waals surface area (Å²) in [5.41, 5.74) is -0.486. The van der Waals surface area contributed by atoms with Crippen molar-refractivity contribution in [3.8, 4) is 6.19 Å². The fraction of sp³-hybridized carbons (Fsp3) is 0. The molecule has 1 heterocycles. The third-order valence-electron chi connectivity index (χ3n) is 1.24. The zero-order valence-corrected chi connectivity index (χ0v) is 6.00. The average Bonchev–Trinajstić information content (AvgIpc) is 2.05. The molecule has 0 atom stereocenters. The van der Waals surface area contributed by atoms with Crippen molar-refractivity contribution in [2.75, 3.05) is 0 Å². The number of carbonyl (C=O) groups is 1. The van der Waals surface area contributed by atoms with E-state index < -0.39 is 11.3 Å². The first-order valence-corrected chi connectivity index (χ1v) is 3.12. The molecule has 0 fully saturated rings. The fourth-order valence-electron chi connectivity index (χ4n) is 0.712. The molecule has 1 amide bonds. The summed E-state index contributed by atoms with van der Waals surface area (Å²) in [5, 5.41) is 9.94. The van der Waals surface area contributed by atoms with Crippen molar-refractivity contribution in [3.05, 3.63) is 34.2 Å². The van der Waals surface area contributed by atoms with Gasteiger partial charge < -0.3 is 4.98 Å². The van der Waals surface area contributed by atoms with E-state index in [4.69, 9.17) is 5.26 Å². The SMILES string of the molecule is N#CNC(=O)c1c[nH]ccc1=O. The second kappa shape index (κ2) is 3.34. The Kier molecular flexibility index (Phi) is 2.23. The first-order valence-electron chi connectivity index (χ1n) is 3.12. The van der Waals surface area contributed by atoms with Crippen LogP contribution in [0.3, 0.4) is 0 Å². The van der Waals surface area contributed by atoms with Crippen molar-refractivity contribution in [2.24, 2.45) is 0 Å². The van der Waals surface area contributed by atoms with Gasteiger partial charge in [0.1, 0.15) is 5.56 Å². The monoisotopic (exact) mass is 163 g/mol. The Morgan fingerprint density at radius 1 is 1.67 bits per heavy atom. The third kappa shape index (κ3) is 1.49. The topological polar surface area (TPSA) is 85.8 Å². The lowest BCUT2D eigenvalue weighted by atomic mass is 10.2. The van der Waals surface area contributed by atoms with Gasteiger partial charge in [-0.05, 0) is 0 Å². The minimum absolute atomic E-state index is 0.0703. The third-order valence-corrected chi connectivity index (χ3v) is 1.24. The number of hydrogen-bond acceptors (Lipinski definition) is 3. The van der Waals surface area contributed by atoms with Gasteiger partial charge in [-0.2, -0.15) is 5.26 Å². The van der Waals surface area contributed by atoms with Gasteiger partial charge in [-0.15, -0.1) is 0 Å². The van der Waals surface area contributed by atoms with E-state index in [1.165, 1.54) is 24.7 Å². The number of aromatic amines is 1. The maximum absolute atomic E-state index is 10.9. The van der Waals surface area contributed by atoms with E-state index in [2.05, 4.69) is 4.98 Å². The highest BCUT2D eigenvalue weighted by atomic mass is 16.2. The van der Waals surface area contributed by atoms with Crippen LogP contribution in [0.5, 0.6) is 0 Å². The van der Waals surface area contributed by atoms with Crippen molar-refractivity contribution < 1.29 is 4.79 Å². The number of carbonyl (C=O) groups excluding carboxylic acids is 1. The predicted molar refractivity (Wildman–Crippen MR) is 40.1 cm³/mol. The van der Waals surface area contributed by atoms with Crippen molar-refractivity contribution in [3.63, 3.8) is 0 Å². The van der Waals surface area contributed by atoms with Gasteiger partial charge in [0, 0.05) is 18.5 Å². The highest BCUT2D eigenvalue weighted by Gasteiger charge is 2.07. The maximum atomic E-state index is 10.9. The summed E-state index contributed by atoms with van der Waals surface area (Å²) in [7, 11) is 0. The molecule has 5 heteroatoms. The highest BCUT2D eigenvalue weighted by Crippen LogP contribution is 1.85. The second-order valence-electron chi connectivity index (χ2n) is 1.99. The van der Waals surface area contributed by atoms with Gasteiger partial charge in [-0.1, -0.05) is 0 Å². The molecule has 0 aliphatic rings. The van der Waals surface area contributed by atoms with Gasteiger partial charge in [0.2, 0.25) is 0 Å². The van der Waals surface area contributed by atoms with E-state index in [-0.39, 0.29) is 5.56 Å². The highest BCUT2D eigenvalue weighted by molar-refractivity contribution is 5.94. The summed E-state index contributed by atoms with van der Waals surface area (Å²) in [6, 6.07) is 1.21. The predicted octanol–water partition coefficient (Wildman–Crippen LogP) is -0.414. The van der Waals surface area contributed by atoms with Gasteiger partial charge in [-0.3, -0.25) is 14.9 Å². The number of nitrogens with zero attached hydrogens (tertiary/aromatic N) is 1. The quantitative estimate of drug-likeness (QED) is 0.435. The smallest absolute Gasteiger partial charge is 0.269 e. The molecule has 0 saturated carbocycles. The van der Waals surface area contributed by atoms with Crippen LogP contribution in [0.4, 0.5) is 0 Å². The Labute approximate surface area is 67.6 Å². The van der Waals surface area contributed by atoms with Gasteiger partial charge >= 0.3 is 0 Å². The number of H-pyrrole nitrogens is 1. The van der Waals surface area contributed by atoms with Crippen molar-refractivity contribution >= 4 is 5.91 Å². The number of hydrogen-bond donors (Lipinski definition) is 2. The molecule has 0 unspecified atom stereocenters. The molecule has 0 aliphatic carbocycles. The molecule has 1 rings (SSSR count). The first kappa shape index (κ1) is 8.01. The zero-order chi connectivity index (χ0) is 8.97. The van der Waals surface area contributed by atoms with Crippen LogP contribution in [0.2, 0.25) is 0 Å². The lowest BCUT2D eigenvalue weighted by Crippen LogP contribution is -2.24. The molecule has 1 aromatic rings. The van der Waals surface area contributed by atoms with Crippen LogP contribution in [0.15, 0.2) is 23.3 Å². The Morgan fingerprint density at radius 3 is 3.00 bits per heavy atom. The molecule has 1 aromatic heterocycles. The summed E-state index contributed by atoms with van der Waals surface area (Å²) in [4.78, 5) is 24.4. The van der Waals surface area contributed by atoms with Gasteiger partial charge in [0.15, 0.2) is 11.6 Å². The minimum Gasteiger partial charge on any atom is -0.367 e. The molecule has 0 aliphatic heterocycles. The number of rotatable bonds is 1. The maximum Gasteiger partial charge on any atom is 0.269 e. The zero-order valence-electron chi connectivity index (χ0n) is 6.00. The van der Waals surface area contributed by atoms with Crippen LogP contribution in [0.25, 0.3) is 0 Å². The van der Waals surface area contributed by atoms with Crippen LogP contribution < -0.4 is 10.7 Å². The molecule has 2 N–H and O–H groups in total. The lowest BCUT2D eigenvalue weighted by Gasteiger charge is -1.93. The standard InChI is InChI=1S/C7H5N3O2/c8-4-10-7(12)5-3-9-2-1-6(5)11/h1-3H,(H,9,11)(H,10,12). The molecular weight excluding hydrogens is 158 g/mol. The van der Waals surface area contributed by atoms with Gasteiger partial charge in [0.05, 0.1) is 0 Å². The summed E-state index contributed by atoms with van der Waals surface area (Å²) >= 11 is 0. The molecule has 0 spiro atoms. The van der Waals surface area contributed by atoms with Crippen LogP contribution in [0.1, 0.15) is 10.4 Å². The molecule has 12 heavy (non-hydrogen) atoms. The van der Waals surface area contributed by atoms with Crippen LogP contribution >= 0.6 is 0 Å². The minimum atomic E-state index is -0.695. The first-order chi connectivity index (χ1) is 5.75. The Morgan fingerprint density at radius 2 is 2.42 bits per heavy atom. The van der Waals surface area contributed by atoms with Crippen molar-refractivity contribution in [1.82, 2.24) is 10.3 Å². The lowest BCUT2D eigenvalue weighted by molar-refractivity contribution is 0.0971. The molecule has 60 valence electrons. The normalized spacial score (nSPS) is 8.58. The van der Waals surface area contributed by atoms with Crippen LogP contribution in [0, 0.1) is 11.5 Å². The van der Waals surface area contributed by atoms with Gasteiger partial charge in [-0.25, -0.2) is 0 Å². The fourth-order valence-corrected chi connectivity index (χ4v) is 0.712. The van der Waals surface area contributed by atoms with E-state index in [0.717, 1.165) is 0 Å². The van der Waals surface area contributed by atoms with Crippen molar-refractivity contribution in [1.29, 1.82) is 5.26 Å². The Hall–Kier alpha value is -2.09. The average molecular weight is 163 g/mol. The molecule has 5 nitrogen and oxygen atoms in total. The van der Waals surface area contributed by atoms with Crippen molar-refractivity contribution in [2.45, 2.75) is 0 Å². The number of amides is 1. The van der Waals surface area contributed by atoms with E-state index in [9.17, 15) is 9.59 Å². The molecule has 0 saturated heterocycles. The molecule has 0 bridgehead atoms. The van der Waals surface area contributed by atoms with E-state index in [1.54, 1.807) is 0 Å². The van der Waals surface area contributed by atoms with E-state index in [0.29, 0.717) is 0 Å².